The Bertz CT molecular complexity index is 501. The van der Waals surface area contributed by atoms with Gasteiger partial charge in [0.2, 0.25) is 0 Å². The number of hydrogen-bond donors (Lipinski definition) is 1. The summed E-state index contributed by atoms with van der Waals surface area (Å²) in [7, 11) is 0. The lowest BCUT2D eigenvalue weighted by atomic mass is 10.1. The van der Waals surface area contributed by atoms with E-state index in [-0.39, 0.29) is 5.91 Å². The van der Waals surface area contributed by atoms with Crippen LogP contribution in [0, 0.1) is 13.8 Å². The highest BCUT2D eigenvalue weighted by Crippen LogP contribution is 2.17. The quantitative estimate of drug-likeness (QED) is 0.836. The lowest BCUT2D eigenvalue weighted by Crippen LogP contribution is -2.11. The van der Waals surface area contributed by atoms with E-state index in [9.17, 15) is 4.79 Å². The third-order valence-corrected chi connectivity index (χ3v) is 2.42. The predicted octanol–water partition coefficient (Wildman–Crippen LogP) is 3.15. The van der Waals surface area contributed by atoms with Gasteiger partial charge in [-0.1, -0.05) is 12.1 Å². The molecule has 0 aliphatic carbocycles. The smallest absolute Gasteiger partial charge is 0.258 e. The molecule has 3 nitrogen and oxygen atoms in total. The second kappa shape index (κ2) is 4.23. The molecule has 0 aliphatic heterocycles. The van der Waals surface area contributed by atoms with E-state index in [1.807, 2.05) is 32.0 Å². The van der Waals surface area contributed by atoms with Gasteiger partial charge in [-0.15, -0.1) is 0 Å². The van der Waals surface area contributed by atoms with E-state index in [0.29, 0.717) is 5.56 Å². The number of carbonyl (C=O) groups is 1. The van der Waals surface area contributed by atoms with E-state index in [4.69, 9.17) is 4.42 Å². The minimum Gasteiger partial charge on any atom is -0.472 e. The topological polar surface area (TPSA) is 42.2 Å². The lowest BCUT2D eigenvalue weighted by molar-refractivity contribution is 0.102. The number of anilines is 1. The van der Waals surface area contributed by atoms with Crippen molar-refractivity contribution < 1.29 is 9.21 Å². The van der Waals surface area contributed by atoms with Crippen LogP contribution in [0.3, 0.4) is 0 Å². The van der Waals surface area contributed by atoms with Crippen LogP contribution in [0.2, 0.25) is 0 Å². The van der Waals surface area contributed by atoms with Crippen molar-refractivity contribution in [2.24, 2.45) is 0 Å². The van der Waals surface area contributed by atoms with Crippen LogP contribution >= 0.6 is 0 Å². The van der Waals surface area contributed by atoms with Crippen molar-refractivity contribution in [1.29, 1.82) is 0 Å². The highest BCUT2D eigenvalue weighted by Gasteiger charge is 2.08. The molecule has 0 fully saturated rings. The zero-order valence-corrected chi connectivity index (χ0v) is 9.28. The van der Waals surface area contributed by atoms with Crippen LogP contribution in [0.15, 0.2) is 41.2 Å². The van der Waals surface area contributed by atoms with Gasteiger partial charge in [-0.25, -0.2) is 0 Å². The first-order valence-corrected chi connectivity index (χ1v) is 5.07. The highest BCUT2D eigenvalue weighted by atomic mass is 16.3. The van der Waals surface area contributed by atoms with Crippen molar-refractivity contribution >= 4 is 11.6 Å². The van der Waals surface area contributed by atoms with E-state index >= 15 is 0 Å². The standard InChI is InChI=1S/C13H13NO2/c1-9-3-4-10(2)12(7-9)14-13(15)11-5-6-16-8-11/h3-8H,1-2H3,(H,14,15). The summed E-state index contributed by atoms with van der Waals surface area (Å²) in [5.41, 5.74) is 3.53. The number of aryl methyl sites for hydroxylation is 2. The number of furan rings is 1. The number of carbonyl (C=O) groups excluding carboxylic acids is 1. The van der Waals surface area contributed by atoms with Crippen molar-refractivity contribution in [2.75, 3.05) is 5.32 Å². The van der Waals surface area contributed by atoms with E-state index in [0.717, 1.165) is 16.8 Å². The summed E-state index contributed by atoms with van der Waals surface area (Å²) in [5.74, 6) is -0.151. The van der Waals surface area contributed by atoms with Gasteiger partial charge in [0.25, 0.3) is 5.91 Å². The molecule has 0 radical (unpaired) electrons. The van der Waals surface area contributed by atoms with Crippen LogP contribution < -0.4 is 5.32 Å². The third-order valence-electron chi connectivity index (χ3n) is 2.42. The fourth-order valence-electron chi connectivity index (χ4n) is 1.46. The molecule has 2 rings (SSSR count). The molecule has 0 saturated carbocycles. The second-order valence-corrected chi connectivity index (χ2v) is 3.78. The van der Waals surface area contributed by atoms with Crippen LogP contribution in [0.4, 0.5) is 5.69 Å². The van der Waals surface area contributed by atoms with Gasteiger partial charge in [0.05, 0.1) is 11.8 Å². The number of nitrogens with one attached hydrogen (secondary N) is 1. The summed E-state index contributed by atoms with van der Waals surface area (Å²) in [6.07, 6.45) is 2.92. The maximum Gasteiger partial charge on any atom is 0.258 e. The summed E-state index contributed by atoms with van der Waals surface area (Å²) in [4.78, 5) is 11.8. The highest BCUT2D eigenvalue weighted by molar-refractivity contribution is 6.04. The SMILES string of the molecule is Cc1ccc(C)c(NC(=O)c2ccoc2)c1. The van der Waals surface area contributed by atoms with Gasteiger partial charge >= 0.3 is 0 Å². The minimum atomic E-state index is -0.151. The molecule has 1 amide bonds. The molecule has 82 valence electrons. The Hall–Kier alpha value is -2.03. The zero-order valence-electron chi connectivity index (χ0n) is 9.28. The van der Waals surface area contributed by atoms with Crippen LogP contribution in [0.5, 0.6) is 0 Å². The van der Waals surface area contributed by atoms with Gasteiger partial charge < -0.3 is 9.73 Å². The van der Waals surface area contributed by atoms with E-state index < -0.39 is 0 Å². The fourth-order valence-corrected chi connectivity index (χ4v) is 1.46. The van der Waals surface area contributed by atoms with Gasteiger partial charge in [0.1, 0.15) is 6.26 Å². The fraction of sp³-hybridized carbons (Fsp3) is 0.154. The Morgan fingerprint density at radius 3 is 2.75 bits per heavy atom. The third kappa shape index (κ3) is 2.14. The van der Waals surface area contributed by atoms with Crippen LogP contribution in [-0.2, 0) is 0 Å². The molecule has 0 unspecified atom stereocenters. The lowest BCUT2D eigenvalue weighted by Gasteiger charge is -2.08. The average Bonchev–Trinajstić information content (AvgIpc) is 2.76. The monoisotopic (exact) mass is 215 g/mol. The molecule has 16 heavy (non-hydrogen) atoms. The van der Waals surface area contributed by atoms with Gasteiger partial charge in [0, 0.05) is 5.69 Å². The molecule has 1 heterocycles. The molecular weight excluding hydrogens is 202 g/mol. The normalized spacial score (nSPS) is 10.1. The minimum absolute atomic E-state index is 0.151. The first kappa shape index (κ1) is 10.5. The molecule has 2 aromatic rings. The molecule has 0 atom stereocenters. The van der Waals surface area contributed by atoms with Crippen molar-refractivity contribution in [3.05, 3.63) is 53.5 Å². The molecular formula is C13H13NO2. The van der Waals surface area contributed by atoms with Crippen LogP contribution in [-0.4, -0.2) is 5.91 Å². The summed E-state index contributed by atoms with van der Waals surface area (Å²) in [5, 5.41) is 2.85. The summed E-state index contributed by atoms with van der Waals surface area (Å²) in [6.45, 7) is 3.96. The van der Waals surface area contributed by atoms with Crippen LogP contribution in [0.1, 0.15) is 21.5 Å². The Kier molecular flexibility index (Phi) is 2.77. The van der Waals surface area contributed by atoms with Crippen LogP contribution in [0.25, 0.3) is 0 Å². The number of benzene rings is 1. The van der Waals surface area contributed by atoms with Gasteiger partial charge in [-0.3, -0.25) is 4.79 Å². The van der Waals surface area contributed by atoms with Gasteiger partial charge in [0.15, 0.2) is 0 Å². The zero-order chi connectivity index (χ0) is 11.5. The largest absolute Gasteiger partial charge is 0.472 e. The predicted molar refractivity (Wildman–Crippen MR) is 62.6 cm³/mol. The Balaban J connectivity index is 2.21. The molecule has 0 bridgehead atoms. The average molecular weight is 215 g/mol. The van der Waals surface area contributed by atoms with Crippen molar-refractivity contribution in [3.63, 3.8) is 0 Å². The van der Waals surface area contributed by atoms with Gasteiger partial charge in [-0.2, -0.15) is 0 Å². The number of amides is 1. The van der Waals surface area contributed by atoms with E-state index in [1.165, 1.54) is 12.5 Å². The second-order valence-electron chi connectivity index (χ2n) is 3.78. The van der Waals surface area contributed by atoms with Crippen molar-refractivity contribution in [2.45, 2.75) is 13.8 Å². The number of rotatable bonds is 2. The van der Waals surface area contributed by atoms with Crippen molar-refractivity contribution in [1.82, 2.24) is 0 Å². The first-order chi connectivity index (χ1) is 7.66. The Morgan fingerprint density at radius 2 is 2.06 bits per heavy atom. The maximum atomic E-state index is 11.8. The molecule has 3 heteroatoms. The maximum absolute atomic E-state index is 11.8. The Labute approximate surface area is 94.1 Å². The first-order valence-electron chi connectivity index (χ1n) is 5.07. The van der Waals surface area contributed by atoms with E-state index in [2.05, 4.69) is 5.32 Å². The molecule has 0 spiro atoms. The summed E-state index contributed by atoms with van der Waals surface area (Å²) in [6, 6.07) is 7.59. The molecule has 1 aromatic heterocycles. The van der Waals surface area contributed by atoms with Gasteiger partial charge in [-0.05, 0) is 37.1 Å². The van der Waals surface area contributed by atoms with Crippen molar-refractivity contribution in [3.8, 4) is 0 Å². The number of hydrogen-bond acceptors (Lipinski definition) is 2. The molecule has 0 saturated heterocycles. The van der Waals surface area contributed by atoms with E-state index in [1.54, 1.807) is 6.07 Å². The molecule has 0 aliphatic rings. The molecule has 1 aromatic carbocycles. The summed E-state index contributed by atoms with van der Waals surface area (Å²) >= 11 is 0. The molecule has 1 N–H and O–H groups in total. The Morgan fingerprint density at radius 1 is 1.25 bits per heavy atom. The summed E-state index contributed by atoms with van der Waals surface area (Å²) < 4.78 is 4.87.